The Morgan fingerprint density at radius 2 is 1.95 bits per heavy atom. The van der Waals surface area contributed by atoms with E-state index < -0.39 is 27.6 Å². The smallest absolute Gasteiger partial charge is 0.272 e. The summed E-state index contributed by atoms with van der Waals surface area (Å²) in [5.74, 6) is -0.649. The van der Waals surface area contributed by atoms with E-state index in [0.717, 1.165) is 4.31 Å². The molecule has 0 spiro atoms. The molecule has 120 valence electrons. The third kappa shape index (κ3) is 5.55. The predicted molar refractivity (Wildman–Crippen MR) is 79.4 cm³/mol. The van der Waals surface area contributed by atoms with Crippen molar-refractivity contribution in [3.05, 3.63) is 39.9 Å². The SMILES string of the molecule is CN(C)S(=O)(=O)NCC(=O)N/N=C/c1ccc([N+](=O)[O-])cc1. The van der Waals surface area contributed by atoms with Crippen molar-refractivity contribution in [2.45, 2.75) is 0 Å². The van der Waals surface area contributed by atoms with E-state index in [2.05, 4.69) is 15.2 Å². The lowest BCUT2D eigenvalue weighted by Gasteiger charge is -2.11. The molecular formula is C11H15N5O5S. The van der Waals surface area contributed by atoms with Gasteiger partial charge in [0.1, 0.15) is 0 Å². The number of carbonyl (C=O) groups excluding carboxylic acids is 1. The van der Waals surface area contributed by atoms with Crippen molar-refractivity contribution in [1.82, 2.24) is 14.5 Å². The number of nitrogens with zero attached hydrogens (tertiary/aromatic N) is 3. The van der Waals surface area contributed by atoms with E-state index in [0.29, 0.717) is 5.56 Å². The van der Waals surface area contributed by atoms with E-state index in [1.54, 1.807) is 0 Å². The van der Waals surface area contributed by atoms with Crippen LogP contribution >= 0.6 is 0 Å². The van der Waals surface area contributed by atoms with Gasteiger partial charge in [-0.25, -0.2) is 5.43 Å². The van der Waals surface area contributed by atoms with Gasteiger partial charge in [0.25, 0.3) is 21.8 Å². The van der Waals surface area contributed by atoms with Crippen molar-refractivity contribution in [2.75, 3.05) is 20.6 Å². The lowest BCUT2D eigenvalue weighted by molar-refractivity contribution is -0.384. The molecule has 0 bridgehead atoms. The minimum Gasteiger partial charge on any atom is -0.272 e. The average molecular weight is 329 g/mol. The van der Waals surface area contributed by atoms with Crippen LogP contribution < -0.4 is 10.1 Å². The minimum atomic E-state index is -3.68. The average Bonchev–Trinajstić information content (AvgIpc) is 2.45. The Balaban J connectivity index is 2.48. The normalized spacial score (nSPS) is 11.8. The molecule has 0 aliphatic carbocycles. The number of nitro benzene ring substituents is 1. The van der Waals surface area contributed by atoms with Gasteiger partial charge in [-0.05, 0) is 17.7 Å². The molecule has 1 aromatic carbocycles. The number of benzene rings is 1. The van der Waals surface area contributed by atoms with Gasteiger partial charge in [-0.3, -0.25) is 14.9 Å². The van der Waals surface area contributed by atoms with Gasteiger partial charge in [0.05, 0.1) is 17.7 Å². The Morgan fingerprint density at radius 1 is 1.36 bits per heavy atom. The number of non-ortho nitro benzene ring substituents is 1. The van der Waals surface area contributed by atoms with Crippen LogP contribution in [-0.4, -0.2) is 50.4 Å². The van der Waals surface area contributed by atoms with E-state index in [4.69, 9.17) is 0 Å². The number of hydrazone groups is 1. The summed E-state index contributed by atoms with van der Waals surface area (Å²) < 4.78 is 25.7. The molecule has 11 heteroatoms. The maximum absolute atomic E-state index is 11.4. The zero-order valence-corrected chi connectivity index (χ0v) is 12.7. The summed E-state index contributed by atoms with van der Waals surface area (Å²) in [5.41, 5.74) is 2.62. The van der Waals surface area contributed by atoms with Crippen molar-refractivity contribution < 1.29 is 18.1 Å². The van der Waals surface area contributed by atoms with Crippen LogP contribution in [0.15, 0.2) is 29.4 Å². The van der Waals surface area contributed by atoms with Crippen molar-refractivity contribution in [1.29, 1.82) is 0 Å². The van der Waals surface area contributed by atoms with Gasteiger partial charge in [-0.15, -0.1) is 0 Å². The molecule has 1 aromatic rings. The van der Waals surface area contributed by atoms with Crippen molar-refractivity contribution in [3.8, 4) is 0 Å². The molecule has 0 aliphatic rings. The van der Waals surface area contributed by atoms with Crippen LogP contribution in [0.3, 0.4) is 0 Å². The monoisotopic (exact) mass is 329 g/mol. The van der Waals surface area contributed by atoms with Crippen LogP contribution in [0.4, 0.5) is 5.69 Å². The molecular weight excluding hydrogens is 314 g/mol. The minimum absolute atomic E-state index is 0.0562. The molecule has 0 fully saturated rings. The predicted octanol–water partition coefficient (Wildman–Crippen LogP) is -0.559. The van der Waals surface area contributed by atoms with Gasteiger partial charge in [-0.2, -0.15) is 22.5 Å². The number of nitro groups is 1. The molecule has 0 saturated heterocycles. The summed E-state index contributed by atoms with van der Waals surface area (Å²) >= 11 is 0. The number of nitrogens with one attached hydrogen (secondary N) is 2. The topological polar surface area (TPSA) is 134 Å². The number of hydrogen-bond acceptors (Lipinski definition) is 6. The highest BCUT2D eigenvalue weighted by molar-refractivity contribution is 7.87. The molecule has 2 N–H and O–H groups in total. The van der Waals surface area contributed by atoms with Gasteiger partial charge in [0, 0.05) is 26.2 Å². The molecule has 0 radical (unpaired) electrons. The fourth-order valence-electron chi connectivity index (χ4n) is 1.19. The standard InChI is InChI=1S/C11H15N5O5S/c1-15(2)22(20,21)13-8-11(17)14-12-7-9-3-5-10(6-4-9)16(18)19/h3-7,13H,8H2,1-2H3,(H,14,17)/b12-7+. The van der Waals surface area contributed by atoms with Gasteiger partial charge >= 0.3 is 0 Å². The summed E-state index contributed by atoms with van der Waals surface area (Å²) in [6, 6.07) is 5.52. The molecule has 1 rings (SSSR count). The molecule has 0 heterocycles. The van der Waals surface area contributed by atoms with E-state index >= 15 is 0 Å². The third-order valence-corrected chi connectivity index (χ3v) is 3.87. The fourth-order valence-corrected chi connectivity index (χ4v) is 1.76. The lowest BCUT2D eigenvalue weighted by atomic mass is 10.2. The van der Waals surface area contributed by atoms with Crippen LogP contribution in [0.5, 0.6) is 0 Å². The Bertz CT molecular complexity index is 669. The summed E-state index contributed by atoms with van der Waals surface area (Å²) in [4.78, 5) is 21.3. The van der Waals surface area contributed by atoms with E-state index in [1.165, 1.54) is 44.6 Å². The molecule has 0 unspecified atom stereocenters. The van der Waals surface area contributed by atoms with Crippen LogP contribution in [0.25, 0.3) is 0 Å². The number of amides is 1. The zero-order chi connectivity index (χ0) is 16.8. The highest BCUT2D eigenvalue weighted by atomic mass is 32.2. The van der Waals surface area contributed by atoms with E-state index in [9.17, 15) is 23.3 Å². The molecule has 0 saturated carbocycles. The largest absolute Gasteiger partial charge is 0.279 e. The van der Waals surface area contributed by atoms with Crippen LogP contribution in [0.2, 0.25) is 0 Å². The molecule has 0 aromatic heterocycles. The second kappa shape index (κ2) is 7.59. The van der Waals surface area contributed by atoms with Crippen molar-refractivity contribution in [3.63, 3.8) is 0 Å². The van der Waals surface area contributed by atoms with Gasteiger partial charge in [0.15, 0.2) is 0 Å². The summed E-state index contributed by atoms with van der Waals surface area (Å²) in [6.07, 6.45) is 1.28. The highest BCUT2D eigenvalue weighted by Gasteiger charge is 2.13. The molecule has 1 amide bonds. The number of hydrogen-bond donors (Lipinski definition) is 2. The van der Waals surface area contributed by atoms with Gasteiger partial charge in [0.2, 0.25) is 0 Å². The highest BCUT2D eigenvalue weighted by Crippen LogP contribution is 2.10. The molecule has 0 atom stereocenters. The second-order valence-electron chi connectivity index (χ2n) is 4.25. The first-order valence-corrected chi connectivity index (χ1v) is 7.40. The van der Waals surface area contributed by atoms with Crippen LogP contribution in [-0.2, 0) is 15.0 Å². The van der Waals surface area contributed by atoms with Gasteiger partial charge in [-0.1, -0.05) is 0 Å². The Hall–Kier alpha value is -2.37. The summed E-state index contributed by atoms with van der Waals surface area (Å²) in [5, 5.41) is 14.1. The first-order chi connectivity index (χ1) is 10.2. The maximum Gasteiger partial charge on any atom is 0.279 e. The summed E-state index contributed by atoms with van der Waals surface area (Å²) in [6.45, 7) is -0.460. The summed E-state index contributed by atoms with van der Waals surface area (Å²) in [7, 11) is -1.02. The maximum atomic E-state index is 11.4. The van der Waals surface area contributed by atoms with Gasteiger partial charge < -0.3 is 0 Å². The molecule has 0 aliphatic heterocycles. The Kier molecular flexibility index (Phi) is 6.10. The number of rotatable bonds is 7. The third-order valence-electron chi connectivity index (χ3n) is 2.40. The van der Waals surface area contributed by atoms with Crippen LogP contribution in [0, 0.1) is 10.1 Å². The first kappa shape index (κ1) is 17.7. The fraction of sp³-hybridized carbons (Fsp3) is 0.273. The van der Waals surface area contributed by atoms with Crippen molar-refractivity contribution in [2.24, 2.45) is 5.10 Å². The van der Waals surface area contributed by atoms with Crippen LogP contribution in [0.1, 0.15) is 5.56 Å². The molecule has 10 nitrogen and oxygen atoms in total. The lowest BCUT2D eigenvalue weighted by Crippen LogP contribution is -2.41. The zero-order valence-electron chi connectivity index (χ0n) is 11.9. The Morgan fingerprint density at radius 3 is 2.45 bits per heavy atom. The molecule has 22 heavy (non-hydrogen) atoms. The van der Waals surface area contributed by atoms with E-state index in [-0.39, 0.29) is 5.69 Å². The number of carbonyl (C=O) groups is 1. The second-order valence-corrected chi connectivity index (χ2v) is 6.22. The quantitative estimate of drug-likeness (QED) is 0.393. The first-order valence-electron chi connectivity index (χ1n) is 5.96. The van der Waals surface area contributed by atoms with E-state index in [1.807, 2.05) is 0 Å². The Labute approximate surface area is 127 Å². The van der Waals surface area contributed by atoms with Crippen molar-refractivity contribution >= 4 is 28.0 Å².